The van der Waals surface area contributed by atoms with Gasteiger partial charge in [-0.25, -0.2) is 4.79 Å². The highest BCUT2D eigenvalue weighted by molar-refractivity contribution is 5.68. The molecule has 1 fully saturated rings. The third kappa shape index (κ3) is 3.73. The van der Waals surface area contributed by atoms with Gasteiger partial charge in [0.05, 0.1) is 12.1 Å². The number of carbonyl (C=O) groups excluding carboxylic acids is 1. The van der Waals surface area contributed by atoms with Crippen LogP contribution in [0.2, 0.25) is 0 Å². The highest BCUT2D eigenvalue weighted by Crippen LogP contribution is 2.20. The van der Waals surface area contributed by atoms with E-state index in [1.807, 2.05) is 0 Å². The molecule has 2 atom stereocenters. The Morgan fingerprint density at radius 1 is 1.22 bits per heavy atom. The van der Waals surface area contributed by atoms with Crippen LogP contribution in [-0.4, -0.2) is 41.8 Å². The van der Waals surface area contributed by atoms with Crippen LogP contribution in [0, 0.1) is 0 Å². The first-order chi connectivity index (χ1) is 8.37. The molecule has 0 N–H and O–H groups in total. The fourth-order valence-electron chi connectivity index (χ4n) is 1.60. The average molecular weight is 253 g/mol. The molecule has 2 unspecified atom stereocenters. The van der Waals surface area contributed by atoms with Crippen LogP contribution in [0.3, 0.4) is 0 Å². The van der Waals surface area contributed by atoms with Crippen LogP contribution in [0.5, 0.6) is 0 Å². The summed E-state index contributed by atoms with van der Waals surface area (Å²) in [6, 6.07) is -1.09. The maximum absolute atomic E-state index is 11.8. The molecule has 1 aliphatic heterocycles. The van der Waals surface area contributed by atoms with Gasteiger partial charge >= 0.3 is 6.09 Å². The topological polar surface area (TPSA) is 127 Å². The predicted molar refractivity (Wildman–Crippen MR) is 63.7 cm³/mol. The molecular formula is C9H15N7O2. The molecule has 1 heterocycles. The van der Waals surface area contributed by atoms with Crippen LogP contribution in [0.1, 0.15) is 20.8 Å². The van der Waals surface area contributed by atoms with Crippen molar-refractivity contribution in [3.8, 4) is 0 Å². The van der Waals surface area contributed by atoms with E-state index in [1.54, 1.807) is 20.8 Å². The predicted octanol–water partition coefficient (Wildman–Crippen LogP) is 2.59. The first-order valence-electron chi connectivity index (χ1n) is 5.43. The van der Waals surface area contributed by atoms with Gasteiger partial charge in [-0.3, -0.25) is 0 Å². The molecule has 0 aromatic heterocycles. The zero-order chi connectivity index (χ0) is 13.8. The lowest BCUT2D eigenvalue weighted by atomic mass is 10.2. The van der Waals surface area contributed by atoms with Crippen molar-refractivity contribution in [2.24, 2.45) is 10.2 Å². The van der Waals surface area contributed by atoms with Crippen molar-refractivity contribution >= 4 is 6.09 Å². The van der Waals surface area contributed by atoms with Crippen molar-refractivity contribution in [3.05, 3.63) is 20.9 Å². The summed E-state index contributed by atoms with van der Waals surface area (Å²) in [5, 5.41) is 7.04. The quantitative estimate of drug-likeness (QED) is 0.425. The van der Waals surface area contributed by atoms with Crippen LogP contribution in [-0.2, 0) is 4.74 Å². The Kier molecular flexibility index (Phi) is 4.25. The SMILES string of the molecule is CC(C)(C)OC(=O)N1CC(N=[N+]=[N-])C(N=[N+]=[N-])C1. The van der Waals surface area contributed by atoms with Gasteiger partial charge in [0, 0.05) is 22.9 Å². The monoisotopic (exact) mass is 253 g/mol. The lowest BCUT2D eigenvalue weighted by Crippen LogP contribution is -2.35. The van der Waals surface area contributed by atoms with E-state index < -0.39 is 23.8 Å². The van der Waals surface area contributed by atoms with Gasteiger partial charge in [0.15, 0.2) is 0 Å². The Labute approximate surface area is 104 Å². The van der Waals surface area contributed by atoms with Gasteiger partial charge in [-0.15, -0.1) is 0 Å². The molecule has 98 valence electrons. The fourth-order valence-corrected chi connectivity index (χ4v) is 1.60. The van der Waals surface area contributed by atoms with E-state index in [0.29, 0.717) is 0 Å². The van der Waals surface area contributed by atoms with Gasteiger partial charge in [0.25, 0.3) is 0 Å². The van der Waals surface area contributed by atoms with Gasteiger partial charge in [-0.1, -0.05) is 10.2 Å². The van der Waals surface area contributed by atoms with Crippen molar-refractivity contribution in [2.45, 2.75) is 38.5 Å². The Hall–Kier alpha value is -2.11. The summed E-state index contributed by atoms with van der Waals surface area (Å²) < 4.78 is 5.19. The van der Waals surface area contributed by atoms with Crippen molar-refractivity contribution in [3.63, 3.8) is 0 Å². The Morgan fingerprint density at radius 3 is 2.00 bits per heavy atom. The van der Waals surface area contributed by atoms with Gasteiger partial charge < -0.3 is 9.64 Å². The molecule has 0 aromatic rings. The van der Waals surface area contributed by atoms with Crippen molar-refractivity contribution in [2.75, 3.05) is 13.1 Å². The number of likely N-dealkylation sites (tertiary alicyclic amines) is 1. The minimum absolute atomic E-state index is 0.197. The lowest BCUT2D eigenvalue weighted by molar-refractivity contribution is 0.0291. The average Bonchev–Trinajstić information content (AvgIpc) is 2.61. The minimum Gasteiger partial charge on any atom is -0.444 e. The third-order valence-electron chi connectivity index (χ3n) is 2.31. The van der Waals surface area contributed by atoms with Crippen molar-refractivity contribution < 1.29 is 9.53 Å². The molecule has 0 radical (unpaired) electrons. The van der Waals surface area contributed by atoms with Crippen LogP contribution in [0.25, 0.3) is 20.9 Å². The summed E-state index contributed by atoms with van der Waals surface area (Å²) in [6.07, 6.45) is -0.503. The highest BCUT2D eigenvalue weighted by Gasteiger charge is 2.36. The summed E-state index contributed by atoms with van der Waals surface area (Å²) in [6.45, 7) is 5.68. The number of ether oxygens (including phenoxy) is 1. The molecule has 0 spiro atoms. The number of nitrogens with zero attached hydrogens (tertiary/aromatic N) is 7. The fraction of sp³-hybridized carbons (Fsp3) is 0.889. The molecule has 0 saturated carbocycles. The Morgan fingerprint density at radius 2 is 1.67 bits per heavy atom. The van der Waals surface area contributed by atoms with Crippen LogP contribution >= 0.6 is 0 Å². The summed E-state index contributed by atoms with van der Waals surface area (Å²) in [5.74, 6) is 0. The minimum atomic E-state index is -0.596. The number of hydrogen-bond donors (Lipinski definition) is 0. The third-order valence-corrected chi connectivity index (χ3v) is 2.31. The molecule has 1 saturated heterocycles. The molecule has 0 bridgehead atoms. The van der Waals surface area contributed by atoms with E-state index in [4.69, 9.17) is 15.8 Å². The smallest absolute Gasteiger partial charge is 0.410 e. The second kappa shape index (κ2) is 5.48. The normalized spacial score (nSPS) is 22.9. The van der Waals surface area contributed by atoms with E-state index in [0.717, 1.165) is 0 Å². The molecule has 9 heteroatoms. The zero-order valence-electron chi connectivity index (χ0n) is 10.5. The van der Waals surface area contributed by atoms with Crippen LogP contribution in [0.15, 0.2) is 10.2 Å². The van der Waals surface area contributed by atoms with E-state index >= 15 is 0 Å². The number of carbonyl (C=O) groups is 1. The van der Waals surface area contributed by atoms with E-state index in [9.17, 15) is 4.79 Å². The maximum atomic E-state index is 11.8. The molecule has 18 heavy (non-hydrogen) atoms. The van der Waals surface area contributed by atoms with Crippen LogP contribution < -0.4 is 0 Å². The number of amides is 1. The van der Waals surface area contributed by atoms with E-state index in [2.05, 4.69) is 20.1 Å². The second-order valence-electron chi connectivity index (χ2n) is 4.93. The summed E-state index contributed by atoms with van der Waals surface area (Å²) in [4.78, 5) is 18.5. The van der Waals surface area contributed by atoms with Crippen molar-refractivity contribution in [1.29, 1.82) is 0 Å². The Balaban J connectivity index is 2.74. The lowest BCUT2D eigenvalue weighted by Gasteiger charge is -2.24. The molecule has 0 aliphatic carbocycles. The number of azide groups is 2. The van der Waals surface area contributed by atoms with Gasteiger partial charge in [-0.05, 0) is 31.8 Å². The number of rotatable bonds is 2. The standard InChI is InChI=1S/C9H15N7O2/c1-9(2,3)18-8(17)16-4-6(12-14-10)7(5-16)13-15-11/h6-7H,4-5H2,1-3H3. The van der Waals surface area contributed by atoms with Crippen molar-refractivity contribution in [1.82, 2.24) is 4.90 Å². The largest absolute Gasteiger partial charge is 0.444 e. The van der Waals surface area contributed by atoms with Gasteiger partial charge in [0.2, 0.25) is 0 Å². The highest BCUT2D eigenvalue weighted by atomic mass is 16.6. The summed E-state index contributed by atoms with van der Waals surface area (Å²) in [7, 11) is 0. The molecule has 1 aliphatic rings. The molecule has 1 amide bonds. The maximum Gasteiger partial charge on any atom is 0.410 e. The van der Waals surface area contributed by atoms with Crippen LogP contribution in [0.4, 0.5) is 4.79 Å². The van der Waals surface area contributed by atoms with Gasteiger partial charge in [-0.2, -0.15) is 0 Å². The molecular weight excluding hydrogens is 238 g/mol. The summed E-state index contributed by atoms with van der Waals surface area (Å²) >= 11 is 0. The Bertz CT molecular complexity index is 391. The number of hydrogen-bond acceptors (Lipinski definition) is 4. The zero-order valence-corrected chi connectivity index (χ0v) is 10.5. The molecule has 1 rings (SSSR count). The van der Waals surface area contributed by atoms with Gasteiger partial charge in [0.1, 0.15) is 5.60 Å². The van der Waals surface area contributed by atoms with E-state index in [-0.39, 0.29) is 13.1 Å². The molecule has 0 aromatic carbocycles. The second-order valence-corrected chi connectivity index (χ2v) is 4.93. The first kappa shape index (κ1) is 14.0. The molecule has 9 nitrogen and oxygen atoms in total. The van der Waals surface area contributed by atoms with E-state index in [1.165, 1.54) is 4.90 Å². The summed E-state index contributed by atoms with van der Waals surface area (Å²) in [5.41, 5.74) is 16.2. The first-order valence-corrected chi connectivity index (χ1v) is 5.43.